The van der Waals surface area contributed by atoms with E-state index in [1.165, 1.54) is 4.90 Å². The number of hydrogen-bond acceptors (Lipinski definition) is 2. The summed E-state index contributed by atoms with van der Waals surface area (Å²) < 4.78 is 0. The molecule has 1 aliphatic rings. The van der Waals surface area contributed by atoms with E-state index in [2.05, 4.69) is 46.9 Å². The zero-order chi connectivity index (χ0) is 17.4. The van der Waals surface area contributed by atoms with Gasteiger partial charge in [0.2, 0.25) is 5.91 Å². The van der Waals surface area contributed by atoms with Crippen LogP contribution in [0.2, 0.25) is 0 Å². The predicted molar refractivity (Wildman–Crippen MR) is 92.0 cm³/mol. The smallest absolute Gasteiger partial charge is 0.324 e. The maximum absolute atomic E-state index is 12.8. The Balaban J connectivity index is 2.31. The Morgan fingerprint density at radius 1 is 1.04 bits per heavy atom. The summed E-state index contributed by atoms with van der Waals surface area (Å²) in [4.78, 5) is 26.8. The zero-order valence-corrected chi connectivity index (χ0v) is 15.0. The molecule has 126 valence electrons. The van der Waals surface area contributed by atoms with Gasteiger partial charge in [0.1, 0.15) is 0 Å². The van der Waals surface area contributed by atoms with Crippen LogP contribution >= 0.6 is 0 Å². The molecule has 1 heterocycles. The van der Waals surface area contributed by atoms with Gasteiger partial charge in [0.25, 0.3) is 0 Å². The van der Waals surface area contributed by atoms with Gasteiger partial charge >= 0.3 is 6.03 Å². The molecule has 0 unspecified atom stereocenters. The van der Waals surface area contributed by atoms with Crippen molar-refractivity contribution in [3.63, 3.8) is 0 Å². The molecule has 1 aliphatic heterocycles. The van der Waals surface area contributed by atoms with Gasteiger partial charge in [0.15, 0.2) is 0 Å². The highest BCUT2D eigenvalue weighted by Crippen LogP contribution is 2.38. The third-order valence-corrected chi connectivity index (χ3v) is 4.38. The Morgan fingerprint density at radius 3 is 2.09 bits per heavy atom. The van der Waals surface area contributed by atoms with Crippen LogP contribution in [-0.2, 0) is 11.2 Å². The minimum absolute atomic E-state index is 0.0604. The molecule has 0 saturated carbocycles. The first-order valence-electron chi connectivity index (χ1n) is 8.18. The van der Waals surface area contributed by atoms with Crippen LogP contribution in [0.4, 0.5) is 4.79 Å². The van der Waals surface area contributed by atoms with Gasteiger partial charge in [0, 0.05) is 0 Å². The fourth-order valence-corrected chi connectivity index (χ4v) is 3.26. The van der Waals surface area contributed by atoms with Gasteiger partial charge in [0.05, 0.1) is 18.5 Å². The van der Waals surface area contributed by atoms with Crippen molar-refractivity contribution in [1.29, 1.82) is 0 Å². The fourth-order valence-electron chi connectivity index (χ4n) is 3.26. The second-order valence-corrected chi connectivity index (χ2v) is 8.53. The van der Waals surface area contributed by atoms with Gasteiger partial charge in [-0.05, 0) is 16.4 Å². The minimum atomic E-state index is -0.272. The predicted octanol–water partition coefficient (Wildman–Crippen LogP) is 3.61. The van der Waals surface area contributed by atoms with Crippen LogP contribution in [0, 0.1) is 10.8 Å². The van der Waals surface area contributed by atoms with Crippen LogP contribution in [0.5, 0.6) is 0 Å². The molecule has 1 saturated heterocycles. The Labute approximate surface area is 139 Å². The summed E-state index contributed by atoms with van der Waals surface area (Å²) in [7, 11) is 0. The van der Waals surface area contributed by atoms with Gasteiger partial charge < -0.3 is 5.32 Å². The first-order chi connectivity index (χ1) is 10.5. The summed E-state index contributed by atoms with van der Waals surface area (Å²) in [5.74, 6) is -0.139. The Bertz CT molecular complexity index is 582. The van der Waals surface area contributed by atoms with Crippen LogP contribution in [0.15, 0.2) is 30.3 Å². The quantitative estimate of drug-likeness (QED) is 0.906. The Morgan fingerprint density at radius 2 is 1.61 bits per heavy atom. The molecule has 0 aromatic heterocycles. The summed E-state index contributed by atoms with van der Waals surface area (Å²) >= 11 is 0. The van der Waals surface area contributed by atoms with Crippen molar-refractivity contribution >= 4 is 11.9 Å². The monoisotopic (exact) mass is 316 g/mol. The fraction of sp³-hybridized carbons (Fsp3) is 0.579. The number of carbonyl (C=O) groups is 2. The lowest BCUT2D eigenvalue weighted by Gasteiger charge is -2.40. The molecule has 4 heteroatoms. The molecular formula is C19H28N2O2. The largest absolute Gasteiger partial charge is 0.332 e. The summed E-state index contributed by atoms with van der Waals surface area (Å²) in [6.45, 7) is 12.5. The number of urea groups is 1. The van der Waals surface area contributed by atoms with E-state index in [0.29, 0.717) is 0 Å². The highest BCUT2D eigenvalue weighted by Gasteiger charge is 2.52. The molecule has 23 heavy (non-hydrogen) atoms. The first kappa shape index (κ1) is 17.5. The molecule has 4 nitrogen and oxygen atoms in total. The second-order valence-electron chi connectivity index (χ2n) is 8.53. The molecule has 0 aliphatic carbocycles. The van der Waals surface area contributed by atoms with Crippen LogP contribution in [0.3, 0.4) is 0 Å². The first-order valence-corrected chi connectivity index (χ1v) is 8.18. The third kappa shape index (κ3) is 3.74. The maximum Gasteiger partial charge on any atom is 0.324 e. The van der Waals surface area contributed by atoms with Gasteiger partial charge in [-0.1, -0.05) is 71.9 Å². The standard InChI is InChI=1S/C19H28N2O2/c1-18(2,3)15-16(19(4,5)6)21(17(23)20-15)14(22)12-13-10-8-7-9-11-13/h7-11,15-16H,12H2,1-6H3,(H,20,23)/t15-,16-/m0/s1. The number of rotatable bonds is 2. The molecule has 1 fully saturated rings. The molecule has 1 aromatic carbocycles. The zero-order valence-electron chi connectivity index (χ0n) is 15.0. The van der Waals surface area contributed by atoms with Gasteiger partial charge in [-0.2, -0.15) is 0 Å². The summed E-state index contributed by atoms with van der Waals surface area (Å²) in [5.41, 5.74) is 0.621. The normalized spacial score (nSPS) is 22.2. The van der Waals surface area contributed by atoms with Crippen molar-refractivity contribution in [2.45, 2.75) is 60.0 Å². The number of imide groups is 1. The molecule has 2 atom stereocenters. The minimum Gasteiger partial charge on any atom is -0.332 e. The second kappa shape index (κ2) is 5.99. The number of benzene rings is 1. The lowest BCUT2D eigenvalue weighted by atomic mass is 9.73. The van der Waals surface area contributed by atoms with E-state index in [1.807, 2.05) is 30.3 Å². The van der Waals surface area contributed by atoms with E-state index in [9.17, 15) is 9.59 Å². The van der Waals surface area contributed by atoms with E-state index in [-0.39, 0.29) is 41.3 Å². The lowest BCUT2D eigenvalue weighted by molar-refractivity contribution is -0.130. The van der Waals surface area contributed by atoms with Gasteiger partial charge in [-0.25, -0.2) is 4.79 Å². The van der Waals surface area contributed by atoms with Crippen LogP contribution in [-0.4, -0.2) is 28.9 Å². The molecule has 0 bridgehead atoms. The van der Waals surface area contributed by atoms with Crippen molar-refractivity contribution in [2.24, 2.45) is 10.8 Å². The Kier molecular flexibility index (Phi) is 4.56. The van der Waals surface area contributed by atoms with E-state index in [0.717, 1.165) is 5.56 Å². The van der Waals surface area contributed by atoms with E-state index in [1.54, 1.807) is 0 Å². The SMILES string of the molecule is CC(C)(C)[C@@H]1[C@@H](C(C)(C)C)NC(=O)N1C(=O)Cc1ccccc1. The lowest BCUT2D eigenvalue weighted by Crippen LogP contribution is -2.53. The van der Waals surface area contributed by atoms with Crippen LogP contribution in [0.1, 0.15) is 47.1 Å². The number of carbonyl (C=O) groups excluding carboxylic acids is 2. The topological polar surface area (TPSA) is 49.4 Å². The molecule has 1 aromatic rings. The van der Waals surface area contributed by atoms with Crippen molar-refractivity contribution in [3.8, 4) is 0 Å². The van der Waals surface area contributed by atoms with E-state index in [4.69, 9.17) is 0 Å². The van der Waals surface area contributed by atoms with Crippen LogP contribution < -0.4 is 5.32 Å². The summed E-state index contributed by atoms with van der Waals surface area (Å²) in [5, 5.41) is 3.03. The third-order valence-electron chi connectivity index (χ3n) is 4.38. The molecule has 0 radical (unpaired) electrons. The summed E-state index contributed by atoms with van der Waals surface area (Å²) in [6.07, 6.45) is 0.248. The van der Waals surface area contributed by atoms with Crippen molar-refractivity contribution < 1.29 is 9.59 Å². The molecule has 2 rings (SSSR count). The van der Waals surface area contributed by atoms with Crippen LogP contribution in [0.25, 0.3) is 0 Å². The highest BCUT2D eigenvalue weighted by molar-refractivity contribution is 5.97. The van der Waals surface area contributed by atoms with Crippen molar-refractivity contribution in [1.82, 2.24) is 10.2 Å². The Hall–Kier alpha value is -1.84. The van der Waals surface area contributed by atoms with E-state index < -0.39 is 0 Å². The number of nitrogens with zero attached hydrogens (tertiary/aromatic N) is 1. The van der Waals surface area contributed by atoms with Gasteiger partial charge in [-0.3, -0.25) is 9.69 Å². The molecule has 3 amide bonds. The highest BCUT2D eigenvalue weighted by atomic mass is 16.2. The molecule has 0 spiro atoms. The molecule has 1 N–H and O–H groups in total. The van der Waals surface area contributed by atoms with Crippen molar-refractivity contribution in [3.05, 3.63) is 35.9 Å². The average Bonchev–Trinajstić information content (AvgIpc) is 2.77. The average molecular weight is 316 g/mol. The van der Waals surface area contributed by atoms with Crippen molar-refractivity contribution in [2.75, 3.05) is 0 Å². The molecular weight excluding hydrogens is 288 g/mol. The van der Waals surface area contributed by atoms with E-state index >= 15 is 0 Å². The van der Waals surface area contributed by atoms with Gasteiger partial charge in [-0.15, -0.1) is 0 Å². The number of amides is 3. The number of hydrogen-bond donors (Lipinski definition) is 1. The summed E-state index contributed by atoms with van der Waals surface area (Å²) in [6, 6.07) is 9.08. The maximum atomic E-state index is 12.8. The number of nitrogens with one attached hydrogen (secondary N) is 1.